The van der Waals surface area contributed by atoms with Crippen LogP contribution in [0.5, 0.6) is 0 Å². The highest BCUT2D eigenvalue weighted by Gasteiger charge is 2.27. The zero-order chi connectivity index (χ0) is 21.9. The Bertz CT molecular complexity index is 593. The van der Waals surface area contributed by atoms with Crippen LogP contribution in [0.1, 0.15) is 45.2 Å². The van der Waals surface area contributed by atoms with E-state index >= 15 is 0 Å². The highest BCUT2D eigenvalue weighted by molar-refractivity contribution is 5.79. The summed E-state index contributed by atoms with van der Waals surface area (Å²) in [6, 6.07) is 8.33. The number of alkyl halides is 3. The van der Waals surface area contributed by atoms with Gasteiger partial charge in [0.25, 0.3) is 0 Å². The number of aliphatic imine (C=N–C) groups is 1. The lowest BCUT2D eigenvalue weighted by atomic mass is 10.1. The predicted octanol–water partition coefficient (Wildman–Crippen LogP) is 3.94. The van der Waals surface area contributed by atoms with Crippen LogP contribution in [0.3, 0.4) is 0 Å². The molecule has 29 heavy (non-hydrogen) atoms. The van der Waals surface area contributed by atoms with Crippen LogP contribution >= 0.6 is 0 Å². The average molecular weight is 417 g/mol. The van der Waals surface area contributed by atoms with Gasteiger partial charge < -0.3 is 15.4 Å². The maximum atomic E-state index is 12.1. The van der Waals surface area contributed by atoms with E-state index in [1.165, 1.54) is 0 Å². The van der Waals surface area contributed by atoms with Crippen LogP contribution in [0.25, 0.3) is 0 Å². The molecular weight excluding hydrogens is 381 g/mol. The standard InChI is InChI=1S/C21H35F3N4O/c1-16(2)28(17(3)4)12-6-11-26-20(25-5)27-13-18-7-9-19(10-8-18)14-29-15-21(22,23)24/h7-10,16-17H,6,11-15H2,1-5H3,(H2,25,26,27). The van der Waals surface area contributed by atoms with Crippen LogP contribution in [0.2, 0.25) is 0 Å². The zero-order valence-corrected chi connectivity index (χ0v) is 18.1. The largest absolute Gasteiger partial charge is 0.411 e. The minimum absolute atomic E-state index is 0.0553. The van der Waals surface area contributed by atoms with Crippen molar-refractivity contribution in [2.45, 2.75) is 65.5 Å². The minimum Gasteiger partial charge on any atom is -0.367 e. The maximum absolute atomic E-state index is 12.1. The molecule has 5 nitrogen and oxygen atoms in total. The van der Waals surface area contributed by atoms with E-state index in [4.69, 9.17) is 0 Å². The fourth-order valence-corrected chi connectivity index (χ4v) is 3.03. The van der Waals surface area contributed by atoms with Gasteiger partial charge in [-0.3, -0.25) is 9.89 Å². The lowest BCUT2D eigenvalue weighted by Crippen LogP contribution is -2.41. The molecule has 8 heteroatoms. The monoisotopic (exact) mass is 416 g/mol. The number of nitrogens with one attached hydrogen (secondary N) is 2. The lowest BCUT2D eigenvalue weighted by Gasteiger charge is -2.30. The Balaban J connectivity index is 2.33. The Morgan fingerprint density at radius 3 is 2.14 bits per heavy atom. The van der Waals surface area contributed by atoms with Gasteiger partial charge in [-0.2, -0.15) is 13.2 Å². The number of guanidine groups is 1. The Morgan fingerprint density at radius 1 is 1.03 bits per heavy atom. The van der Waals surface area contributed by atoms with Crippen LogP contribution in [0.15, 0.2) is 29.3 Å². The summed E-state index contributed by atoms with van der Waals surface area (Å²) in [5.74, 6) is 0.725. The number of hydrogen-bond acceptors (Lipinski definition) is 3. The van der Waals surface area contributed by atoms with Crippen molar-refractivity contribution < 1.29 is 17.9 Å². The van der Waals surface area contributed by atoms with E-state index in [0.717, 1.165) is 31.0 Å². The van der Waals surface area contributed by atoms with Crippen LogP contribution in [0, 0.1) is 0 Å². The van der Waals surface area contributed by atoms with Gasteiger partial charge in [0, 0.05) is 38.8 Å². The molecule has 0 saturated heterocycles. The highest BCUT2D eigenvalue weighted by atomic mass is 19.4. The Kier molecular flexibility index (Phi) is 11.0. The molecule has 1 rings (SSSR count). The maximum Gasteiger partial charge on any atom is 0.411 e. The van der Waals surface area contributed by atoms with Gasteiger partial charge in [-0.25, -0.2) is 0 Å². The molecule has 0 heterocycles. The van der Waals surface area contributed by atoms with E-state index < -0.39 is 12.8 Å². The summed E-state index contributed by atoms with van der Waals surface area (Å²) in [5, 5.41) is 6.56. The number of ether oxygens (including phenoxy) is 1. The molecular formula is C21H35F3N4O. The van der Waals surface area contributed by atoms with Crippen molar-refractivity contribution in [2.75, 3.05) is 26.7 Å². The molecule has 0 unspecified atom stereocenters. The first-order valence-corrected chi connectivity index (χ1v) is 10.0. The zero-order valence-electron chi connectivity index (χ0n) is 18.1. The van der Waals surface area contributed by atoms with Gasteiger partial charge in [0.05, 0.1) is 6.61 Å². The normalized spacial score (nSPS) is 12.9. The van der Waals surface area contributed by atoms with E-state index in [1.54, 1.807) is 19.2 Å². The molecule has 0 aliphatic rings. The van der Waals surface area contributed by atoms with Crippen LogP contribution in [0.4, 0.5) is 13.2 Å². The SMILES string of the molecule is CN=C(NCCCN(C(C)C)C(C)C)NCc1ccc(COCC(F)(F)F)cc1. The van der Waals surface area contributed by atoms with Crippen molar-refractivity contribution in [2.24, 2.45) is 4.99 Å². The minimum atomic E-state index is -4.30. The van der Waals surface area contributed by atoms with Gasteiger partial charge in [-0.15, -0.1) is 0 Å². The molecule has 0 aliphatic carbocycles. The molecule has 2 N–H and O–H groups in total. The van der Waals surface area contributed by atoms with Crippen molar-refractivity contribution >= 4 is 5.96 Å². The molecule has 0 spiro atoms. The number of benzene rings is 1. The number of halogens is 3. The molecule has 0 radical (unpaired) electrons. The highest BCUT2D eigenvalue weighted by Crippen LogP contribution is 2.15. The number of hydrogen-bond donors (Lipinski definition) is 2. The second-order valence-electron chi connectivity index (χ2n) is 7.56. The third kappa shape index (κ3) is 11.1. The van der Waals surface area contributed by atoms with E-state index in [0.29, 0.717) is 24.2 Å². The topological polar surface area (TPSA) is 48.9 Å². The molecule has 1 aromatic carbocycles. The fraction of sp³-hybridized carbons (Fsp3) is 0.667. The molecule has 0 bridgehead atoms. The average Bonchev–Trinajstić information content (AvgIpc) is 2.63. The van der Waals surface area contributed by atoms with Crippen molar-refractivity contribution in [1.29, 1.82) is 0 Å². The number of nitrogens with zero attached hydrogens (tertiary/aromatic N) is 2. The van der Waals surface area contributed by atoms with Gasteiger partial charge in [-0.05, 0) is 45.2 Å². The first-order valence-electron chi connectivity index (χ1n) is 10.0. The number of rotatable bonds is 11. The summed E-state index contributed by atoms with van der Waals surface area (Å²) in [5.41, 5.74) is 1.72. The van der Waals surface area contributed by atoms with E-state index in [1.807, 2.05) is 12.1 Å². The van der Waals surface area contributed by atoms with Crippen LogP contribution < -0.4 is 10.6 Å². The smallest absolute Gasteiger partial charge is 0.367 e. The van der Waals surface area contributed by atoms with Crippen LogP contribution in [-0.2, 0) is 17.9 Å². The second kappa shape index (κ2) is 12.7. The Morgan fingerprint density at radius 2 is 1.62 bits per heavy atom. The quantitative estimate of drug-likeness (QED) is 0.326. The van der Waals surface area contributed by atoms with Gasteiger partial charge in [-0.1, -0.05) is 24.3 Å². The summed E-state index contributed by atoms with van der Waals surface area (Å²) in [4.78, 5) is 6.68. The molecule has 0 fully saturated rings. The fourth-order valence-electron chi connectivity index (χ4n) is 3.03. The van der Waals surface area contributed by atoms with Gasteiger partial charge in [0.1, 0.15) is 6.61 Å². The van der Waals surface area contributed by atoms with Crippen molar-refractivity contribution in [3.63, 3.8) is 0 Å². The molecule has 0 aliphatic heterocycles. The second-order valence-corrected chi connectivity index (χ2v) is 7.56. The van der Waals surface area contributed by atoms with Gasteiger partial charge >= 0.3 is 6.18 Å². The summed E-state index contributed by atoms with van der Waals surface area (Å²) >= 11 is 0. The first kappa shape index (κ1) is 25.2. The van der Waals surface area contributed by atoms with Crippen molar-refractivity contribution in [3.05, 3.63) is 35.4 Å². The molecule has 166 valence electrons. The third-order valence-corrected chi connectivity index (χ3v) is 4.45. The molecule has 1 aromatic rings. The summed E-state index contributed by atoms with van der Waals surface area (Å²) < 4.78 is 41.0. The van der Waals surface area contributed by atoms with Crippen molar-refractivity contribution in [1.82, 2.24) is 15.5 Å². The van der Waals surface area contributed by atoms with E-state index in [2.05, 4.69) is 53.0 Å². The Labute approximate surface area is 172 Å². The third-order valence-electron chi connectivity index (χ3n) is 4.45. The Hall–Kier alpha value is -1.80. The van der Waals surface area contributed by atoms with Crippen LogP contribution in [-0.4, -0.2) is 55.9 Å². The molecule has 0 saturated carbocycles. The lowest BCUT2D eigenvalue weighted by molar-refractivity contribution is -0.176. The van der Waals surface area contributed by atoms with Crippen molar-refractivity contribution in [3.8, 4) is 0 Å². The van der Waals surface area contributed by atoms with E-state index in [-0.39, 0.29) is 6.61 Å². The van der Waals surface area contributed by atoms with Gasteiger partial charge in [0.2, 0.25) is 0 Å². The molecule has 0 aromatic heterocycles. The molecule has 0 amide bonds. The van der Waals surface area contributed by atoms with E-state index in [9.17, 15) is 13.2 Å². The summed E-state index contributed by atoms with van der Waals surface area (Å²) in [6.45, 7) is 9.98. The first-order chi connectivity index (χ1) is 13.6. The summed E-state index contributed by atoms with van der Waals surface area (Å²) in [6.07, 6.45) is -3.28. The molecule has 0 atom stereocenters. The predicted molar refractivity (Wildman–Crippen MR) is 112 cm³/mol. The summed E-state index contributed by atoms with van der Waals surface area (Å²) in [7, 11) is 1.73. The van der Waals surface area contributed by atoms with Gasteiger partial charge in [0.15, 0.2) is 5.96 Å².